The van der Waals surface area contributed by atoms with Crippen LogP contribution in [0.15, 0.2) is 11.4 Å². The third kappa shape index (κ3) is 2.49. The monoisotopic (exact) mass is 267 g/mol. The highest BCUT2D eigenvalue weighted by molar-refractivity contribution is 7.10. The average Bonchev–Trinajstić information content (AvgIpc) is 2.79. The van der Waals surface area contributed by atoms with E-state index in [-0.39, 0.29) is 5.60 Å². The molecule has 0 aromatic carbocycles. The van der Waals surface area contributed by atoms with E-state index in [4.69, 9.17) is 4.74 Å². The molecule has 1 heterocycles. The second-order valence-corrected chi connectivity index (χ2v) is 6.59. The number of thiophene rings is 1. The predicted octanol–water partition coefficient (Wildman–Crippen LogP) is 3.91. The Balaban J connectivity index is 2.27. The summed E-state index contributed by atoms with van der Waals surface area (Å²) in [6.45, 7) is 4.55. The smallest absolute Gasteiger partial charge is 0.0880 e. The lowest BCUT2D eigenvalue weighted by molar-refractivity contribution is -0.0738. The molecule has 1 unspecified atom stereocenters. The standard InChI is InChI=1S/C15H25NOS/c1-11-5-8-15(17-4,9-6-11)14(16-3)13-12(2)7-10-18-13/h7,10-11,14,16H,5-6,8-9H2,1-4H3. The molecule has 1 N–H and O–H groups in total. The normalized spacial score (nSPS) is 30.3. The van der Waals surface area contributed by atoms with Crippen LogP contribution in [0.25, 0.3) is 0 Å². The number of aryl methyl sites for hydroxylation is 1. The van der Waals surface area contributed by atoms with Gasteiger partial charge in [0.15, 0.2) is 0 Å². The van der Waals surface area contributed by atoms with Gasteiger partial charge in [0.2, 0.25) is 0 Å². The fraction of sp³-hybridized carbons (Fsp3) is 0.733. The van der Waals surface area contributed by atoms with E-state index in [9.17, 15) is 0 Å². The minimum absolute atomic E-state index is 0.0170. The molecule has 1 atom stereocenters. The molecule has 1 aromatic rings. The van der Waals surface area contributed by atoms with Gasteiger partial charge < -0.3 is 10.1 Å². The van der Waals surface area contributed by atoms with E-state index in [0.717, 1.165) is 18.8 Å². The Morgan fingerprint density at radius 1 is 1.44 bits per heavy atom. The molecule has 1 aliphatic carbocycles. The van der Waals surface area contributed by atoms with Crippen LogP contribution in [0.4, 0.5) is 0 Å². The molecule has 1 saturated carbocycles. The number of likely N-dealkylation sites (N-methyl/N-ethyl adjacent to an activating group) is 1. The summed E-state index contributed by atoms with van der Waals surface area (Å²) >= 11 is 1.85. The quantitative estimate of drug-likeness (QED) is 0.893. The van der Waals surface area contributed by atoms with Crippen molar-refractivity contribution in [2.45, 2.75) is 51.2 Å². The highest BCUT2D eigenvalue weighted by Crippen LogP contribution is 2.44. The minimum Gasteiger partial charge on any atom is -0.376 e. The Morgan fingerprint density at radius 2 is 2.11 bits per heavy atom. The van der Waals surface area contributed by atoms with Crippen molar-refractivity contribution >= 4 is 11.3 Å². The van der Waals surface area contributed by atoms with Gasteiger partial charge in [0.05, 0.1) is 11.6 Å². The van der Waals surface area contributed by atoms with E-state index < -0.39 is 0 Å². The molecular formula is C15H25NOS. The van der Waals surface area contributed by atoms with Gasteiger partial charge >= 0.3 is 0 Å². The van der Waals surface area contributed by atoms with E-state index in [1.54, 1.807) is 0 Å². The van der Waals surface area contributed by atoms with Gasteiger partial charge in [-0.05, 0) is 62.6 Å². The first-order valence-corrected chi connectivity index (χ1v) is 7.77. The van der Waals surface area contributed by atoms with E-state index >= 15 is 0 Å². The van der Waals surface area contributed by atoms with Gasteiger partial charge in [-0.1, -0.05) is 6.92 Å². The van der Waals surface area contributed by atoms with Crippen molar-refractivity contribution in [3.8, 4) is 0 Å². The maximum absolute atomic E-state index is 6.00. The molecule has 0 aliphatic heterocycles. The molecule has 0 spiro atoms. The summed E-state index contributed by atoms with van der Waals surface area (Å²) in [6.07, 6.45) is 4.87. The highest BCUT2D eigenvalue weighted by Gasteiger charge is 2.42. The first kappa shape index (κ1) is 14.0. The summed E-state index contributed by atoms with van der Waals surface area (Å²) in [4.78, 5) is 1.44. The number of nitrogens with one attached hydrogen (secondary N) is 1. The molecule has 2 rings (SSSR count). The highest BCUT2D eigenvalue weighted by atomic mass is 32.1. The minimum atomic E-state index is -0.0170. The number of methoxy groups -OCH3 is 1. The van der Waals surface area contributed by atoms with Gasteiger partial charge in [0.1, 0.15) is 0 Å². The van der Waals surface area contributed by atoms with Crippen molar-refractivity contribution in [2.24, 2.45) is 5.92 Å². The average molecular weight is 267 g/mol. The summed E-state index contributed by atoms with van der Waals surface area (Å²) in [5.74, 6) is 0.843. The summed E-state index contributed by atoms with van der Waals surface area (Å²) in [5, 5.41) is 5.69. The fourth-order valence-electron chi connectivity index (χ4n) is 3.17. The van der Waals surface area contributed by atoms with E-state index in [1.807, 2.05) is 18.4 Å². The molecule has 0 radical (unpaired) electrons. The molecule has 102 valence electrons. The Bertz CT molecular complexity index is 380. The van der Waals surface area contributed by atoms with Gasteiger partial charge in [0, 0.05) is 12.0 Å². The molecule has 2 nitrogen and oxygen atoms in total. The van der Waals surface area contributed by atoms with Crippen molar-refractivity contribution in [3.05, 3.63) is 21.9 Å². The van der Waals surface area contributed by atoms with Crippen molar-refractivity contribution in [2.75, 3.05) is 14.2 Å². The molecule has 3 heteroatoms. The SMILES string of the molecule is CNC(c1sccc1C)C1(OC)CCC(C)CC1. The Morgan fingerprint density at radius 3 is 2.56 bits per heavy atom. The van der Waals surface area contributed by atoms with Crippen LogP contribution >= 0.6 is 11.3 Å². The molecule has 0 saturated heterocycles. The van der Waals surface area contributed by atoms with Gasteiger partial charge in [-0.15, -0.1) is 11.3 Å². The van der Waals surface area contributed by atoms with E-state index in [2.05, 4.69) is 37.7 Å². The second-order valence-electron chi connectivity index (χ2n) is 5.64. The maximum atomic E-state index is 6.00. The summed E-state index contributed by atoms with van der Waals surface area (Å²) in [6, 6.07) is 2.54. The number of hydrogen-bond acceptors (Lipinski definition) is 3. The maximum Gasteiger partial charge on any atom is 0.0880 e. The van der Waals surface area contributed by atoms with Gasteiger partial charge in [0.25, 0.3) is 0 Å². The van der Waals surface area contributed by atoms with Crippen LogP contribution in [0.2, 0.25) is 0 Å². The van der Waals surface area contributed by atoms with Crippen LogP contribution in [0, 0.1) is 12.8 Å². The van der Waals surface area contributed by atoms with Crippen LogP contribution in [-0.4, -0.2) is 19.8 Å². The lowest BCUT2D eigenvalue weighted by Crippen LogP contribution is -2.46. The van der Waals surface area contributed by atoms with Crippen molar-refractivity contribution < 1.29 is 4.74 Å². The van der Waals surface area contributed by atoms with Crippen molar-refractivity contribution in [1.82, 2.24) is 5.32 Å². The predicted molar refractivity (Wildman–Crippen MR) is 78.2 cm³/mol. The van der Waals surface area contributed by atoms with Crippen LogP contribution in [0.1, 0.15) is 49.1 Å². The number of hydrogen-bond donors (Lipinski definition) is 1. The zero-order chi connectivity index (χ0) is 13.2. The molecule has 0 amide bonds. The van der Waals surface area contributed by atoms with Crippen LogP contribution in [0.3, 0.4) is 0 Å². The lowest BCUT2D eigenvalue weighted by Gasteiger charge is -2.44. The number of ether oxygens (including phenoxy) is 1. The third-order valence-electron chi connectivity index (χ3n) is 4.51. The largest absolute Gasteiger partial charge is 0.376 e. The van der Waals surface area contributed by atoms with Crippen molar-refractivity contribution in [3.63, 3.8) is 0 Å². The molecule has 1 fully saturated rings. The number of rotatable bonds is 4. The zero-order valence-electron chi connectivity index (χ0n) is 12.0. The van der Waals surface area contributed by atoms with Crippen LogP contribution < -0.4 is 5.32 Å². The zero-order valence-corrected chi connectivity index (χ0v) is 12.8. The van der Waals surface area contributed by atoms with Crippen LogP contribution in [0.5, 0.6) is 0 Å². The Kier molecular flexibility index (Phi) is 4.46. The van der Waals surface area contributed by atoms with E-state index in [0.29, 0.717) is 6.04 Å². The molecule has 1 aromatic heterocycles. The summed E-state index contributed by atoms with van der Waals surface area (Å²) in [5.41, 5.74) is 1.37. The second kappa shape index (κ2) is 5.72. The molecule has 0 bridgehead atoms. The third-order valence-corrected chi connectivity index (χ3v) is 5.59. The first-order chi connectivity index (χ1) is 8.63. The molecule has 1 aliphatic rings. The van der Waals surface area contributed by atoms with Crippen LogP contribution in [-0.2, 0) is 4.74 Å². The summed E-state index contributed by atoms with van der Waals surface area (Å²) in [7, 11) is 3.94. The Labute approximate surface area is 115 Å². The molecular weight excluding hydrogens is 242 g/mol. The molecule has 18 heavy (non-hydrogen) atoms. The lowest BCUT2D eigenvalue weighted by atomic mass is 9.74. The Hall–Kier alpha value is -0.380. The van der Waals surface area contributed by atoms with Gasteiger partial charge in [-0.25, -0.2) is 0 Å². The van der Waals surface area contributed by atoms with Gasteiger partial charge in [-0.3, -0.25) is 0 Å². The van der Waals surface area contributed by atoms with Crippen molar-refractivity contribution in [1.29, 1.82) is 0 Å². The first-order valence-electron chi connectivity index (χ1n) is 6.89. The topological polar surface area (TPSA) is 21.3 Å². The summed E-state index contributed by atoms with van der Waals surface area (Å²) < 4.78 is 6.00. The fourth-order valence-corrected chi connectivity index (χ4v) is 4.32. The van der Waals surface area contributed by atoms with Gasteiger partial charge in [-0.2, -0.15) is 0 Å². The van der Waals surface area contributed by atoms with E-state index in [1.165, 1.54) is 23.3 Å².